The van der Waals surface area contributed by atoms with Crippen molar-refractivity contribution in [3.05, 3.63) is 53.9 Å². The first-order valence-electron chi connectivity index (χ1n) is 7.79. The average molecular weight is 335 g/mol. The van der Waals surface area contributed by atoms with E-state index in [4.69, 9.17) is 5.73 Å². The average Bonchev–Trinajstić information content (AvgIpc) is 3.18. The van der Waals surface area contributed by atoms with Crippen molar-refractivity contribution in [1.29, 1.82) is 0 Å². The van der Waals surface area contributed by atoms with Gasteiger partial charge in [-0.05, 0) is 30.0 Å². The summed E-state index contributed by atoms with van der Waals surface area (Å²) in [5.41, 5.74) is 7.78. The first-order valence-corrected chi connectivity index (χ1v) is 7.79. The van der Waals surface area contributed by atoms with Crippen molar-refractivity contribution in [3.8, 4) is 0 Å². The van der Waals surface area contributed by atoms with Crippen LogP contribution in [0.25, 0.3) is 0 Å². The highest BCUT2D eigenvalue weighted by atomic mass is 35.5. The van der Waals surface area contributed by atoms with E-state index in [1.807, 2.05) is 35.1 Å². The number of amides is 1. The third-order valence-electron chi connectivity index (χ3n) is 4.40. The highest BCUT2D eigenvalue weighted by Crippen LogP contribution is 2.27. The molecule has 0 spiro atoms. The van der Waals surface area contributed by atoms with E-state index in [0.29, 0.717) is 13.1 Å². The van der Waals surface area contributed by atoms with Crippen molar-refractivity contribution in [2.24, 2.45) is 5.73 Å². The Morgan fingerprint density at radius 3 is 2.57 bits per heavy atom. The van der Waals surface area contributed by atoms with Crippen LogP contribution in [0, 0.1) is 0 Å². The minimum atomic E-state index is -0.670. The van der Waals surface area contributed by atoms with Crippen LogP contribution in [0.5, 0.6) is 0 Å². The van der Waals surface area contributed by atoms with Gasteiger partial charge in [-0.25, -0.2) is 0 Å². The third-order valence-corrected chi connectivity index (χ3v) is 4.40. The fourth-order valence-electron chi connectivity index (χ4n) is 3.04. The topological polar surface area (TPSA) is 72.9 Å². The predicted octanol–water partition coefficient (Wildman–Crippen LogP) is 2.24. The molecule has 1 fully saturated rings. The van der Waals surface area contributed by atoms with Gasteiger partial charge in [-0.1, -0.05) is 37.1 Å². The number of hydrogen-bond donors (Lipinski definition) is 2. The molecule has 124 valence electrons. The second kappa shape index (κ2) is 7.62. The van der Waals surface area contributed by atoms with Gasteiger partial charge < -0.3 is 11.1 Å². The van der Waals surface area contributed by atoms with Gasteiger partial charge >= 0.3 is 0 Å². The van der Waals surface area contributed by atoms with Gasteiger partial charge in [-0.2, -0.15) is 5.10 Å². The van der Waals surface area contributed by atoms with Crippen LogP contribution in [0.3, 0.4) is 0 Å². The van der Waals surface area contributed by atoms with E-state index >= 15 is 0 Å². The molecule has 0 radical (unpaired) electrons. The number of halogens is 1. The summed E-state index contributed by atoms with van der Waals surface area (Å²) in [7, 11) is 0. The van der Waals surface area contributed by atoms with E-state index in [0.717, 1.165) is 36.8 Å². The number of hydrogen-bond acceptors (Lipinski definition) is 3. The lowest BCUT2D eigenvalue weighted by molar-refractivity contribution is -0.126. The van der Waals surface area contributed by atoms with E-state index in [1.54, 1.807) is 6.20 Å². The molecule has 1 aromatic carbocycles. The van der Waals surface area contributed by atoms with Crippen molar-refractivity contribution < 1.29 is 4.79 Å². The molecule has 1 aliphatic carbocycles. The summed E-state index contributed by atoms with van der Waals surface area (Å²) < 4.78 is 1.88. The molecule has 1 amide bonds. The minimum absolute atomic E-state index is 0. The maximum absolute atomic E-state index is 12.3. The molecular formula is C17H23ClN4O. The lowest BCUT2D eigenvalue weighted by atomic mass is 9.98. The fourth-order valence-corrected chi connectivity index (χ4v) is 3.04. The summed E-state index contributed by atoms with van der Waals surface area (Å²) in [4.78, 5) is 12.3. The van der Waals surface area contributed by atoms with Crippen molar-refractivity contribution in [2.75, 3.05) is 0 Å². The summed E-state index contributed by atoms with van der Waals surface area (Å²) >= 11 is 0. The number of nitrogens with zero attached hydrogens (tertiary/aromatic N) is 2. The zero-order valence-electron chi connectivity index (χ0n) is 13.1. The van der Waals surface area contributed by atoms with Gasteiger partial charge in [-0.3, -0.25) is 9.48 Å². The first-order chi connectivity index (χ1) is 10.7. The number of nitrogens with two attached hydrogens (primary N) is 1. The fraction of sp³-hybridized carbons (Fsp3) is 0.412. The van der Waals surface area contributed by atoms with Gasteiger partial charge in [0, 0.05) is 18.9 Å². The largest absolute Gasteiger partial charge is 0.350 e. The zero-order chi connectivity index (χ0) is 15.4. The van der Waals surface area contributed by atoms with Crippen LogP contribution in [0.1, 0.15) is 36.8 Å². The molecule has 0 aliphatic heterocycles. The number of nitrogens with one attached hydrogen (secondary N) is 1. The maximum atomic E-state index is 12.3. The summed E-state index contributed by atoms with van der Waals surface area (Å²) in [6.45, 7) is 1.21. The second-order valence-corrected chi connectivity index (χ2v) is 6.02. The number of carbonyl (C=O) groups excluding carboxylic acids is 1. The molecule has 2 aromatic rings. The van der Waals surface area contributed by atoms with Gasteiger partial charge in [0.05, 0.1) is 12.1 Å². The quantitative estimate of drug-likeness (QED) is 0.880. The highest BCUT2D eigenvalue weighted by Gasteiger charge is 2.36. The Kier molecular flexibility index (Phi) is 5.80. The molecule has 1 saturated carbocycles. The maximum Gasteiger partial charge on any atom is 0.240 e. The molecule has 6 heteroatoms. The molecular weight excluding hydrogens is 312 g/mol. The van der Waals surface area contributed by atoms with Crippen LogP contribution in [-0.2, 0) is 17.9 Å². The Hall–Kier alpha value is -1.85. The van der Waals surface area contributed by atoms with Crippen molar-refractivity contribution in [3.63, 3.8) is 0 Å². The van der Waals surface area contributed by atoms with Gasteiger partial charge in [0.25, 0.3) is 0 Å². The Bertz CT molecular complexity index is 636. The molecule has 0 atom stereocenters. The van der Waals surface area contributed by atoms with E-state index in [9.17, 15) is 4.79 Å². The number of aromatic nitrogens is 2. The Morgan fingerprint density at radius 1 is 1.22 bits per heavy atom. The van der Waals surface area contributed by atoms with Crippen LogP contribution in [0.2, 0.25) is 0 Å². The molecule has 0 bridgehead atoms. The Morgan fingerprint density at radius 2 is 1.91 bits per heavy atom. The monoisotopic (exact) mass is 334 g/mol. The molecule has 1 heterocycles. The lowest BCUT2D eigenvalue weighted by Crippen LogP contribution is -2.51. The number of benzene rings is 1. The summed E-state index contributed by atoms with van der Waals surface area (Å²) in [5.74, 6) is -0.0288. The molecule has 3 N–H and O–H groups in total. The standard InChI is InChI=1S/C17H22N4O.ClH/c18-17(8-3-4-9-17)16(22)19-12-14-6-1-2-7-15(14)13-21-11-5-10-20-21;/h1-2,5-7,10-11H,3-4,8-9,12-13,18H2,(H,19,22);1H. The molecule has 5 nitrogen and oxygen atoms in total. The van der Waals surface area contributed by atoms with Crippen LogP contribution in [-0.4, -0.2) is 21.2 Å². The predicted molar refractivity (Wildman–Crippen MR) is 92.3 cm³/mol. The van der Waals surface area contributed by atoms with E-state index in [-0.39, 0.29) is 18.3 Å². The smallest absolute Gasteiger partial charge is 0.240 e. The summed E-state index contributed by atoms with van der Waals surface area (Å²) in [6, 6.07) is 10.0. The van der Waals surface area contributed by atoms with Gasteiger partial charge in [0.15, 0.2) is 0 Å². The molecule has 1 aliphatic rings. The number of carbonyl (C=O) groups is 1. The van der Waals surface area contributed by atoms with E-state index in [1.165, 1.54) is 0 Å². The van der Waals surface area contributed by atoms with Gasteiger partial charge in [-0.15, -0.1) is 12.4 Å². The van der Waals surface area contributed by atoms with Crippen LogP contribution >= 0.6 is 12.4 Å². The second-order valence-electron chi connectivity index (χ2n) is 6.02. The van der Waals surface area contributed by atoms with Crippen LogP contribution in [0.15, 0.2) is 42.7 Å². The third kappa shape index (κ3) is 4.12. The lowest BCUT2D eigenvalue weighted by Gasteiger charge is -2.22. The molecule has 23 heavy (non-hydrogen) atoms. The van der Waals surface area contributed by atoms with Crippen molar-refractivity contribution in [1.82, 2.24) is 15.1 Å². The minimum Gasteiger partial charge on any atom is -0.350 e. The zero-order valence-corrected chi connectivity index (χ0v) is 13.9. The van der Waals surface area contributed by atoms with E-state index < -0.39 is 5.54 Å². The van der Waals surface area contributed by atoms with E-state index in [2.05, 4.69) is 16.5 Å². The van der Waals surface area contributed by atoms with Crippen LogP contribution in [0.4, 0.5) is 0 Å². The number of rotatable bonds is 5. The normalized spacial score (nSPS) is 15.9. The molecule has 0 saturated heterocycles. The van der Waals surface area contributed by atoms with Crippen molar-refractivity contribution in [2.45, 2.75) is 44.3 Å². The van der Waals surface area contributed by atoms with Crippen LogP contribution < -0.4 is 11.1 Å². The Balaban J connectivity index is 0.00000192. The van der Waals surface area contributed by atoms with Gasteiger partial charge in [0.2, 0.25) is 5.91 Å². The summed E-state index contributed by atoms with van der Waals surface area (Å²) in [5, 5.41) is 7.24. The Labute approximate surface area is 142 Å². The SMILES string of the molecule is Cl.NC1(C(=O)NCc2ccccc2Cn2cccn2)CCCC1. The first kappa shape index (κ1) is 17.5. The summed E-state index contributed by atoms with van der Waals surface area (Å²) in [6.07, 6.45) is 7.35. The molecule has 3 rings (SSSR count). The molecule has 0 unspecified atom stereocenters. The van der Waals surface area contributed by atoms with Crippen molar-refractivity contribution >= 4 is 18.3 Å². The molecule has 1 aromatic heterocycles. The van der Waals surface area contributed by atoms with Gasteiger partial charge in [0.1, 0.15) is 0 Å². The highest BCUT2D eigenvalue weighted by molar-refractivity contribution is 5.86.